The molecule has 6 nitrogen and oxygen atoms in total. The van der Waals surface area contributed by atoms with Gasteiger partial charge in [0.15, 0.2) is 0 Å². The Kier molecular flexibility index (Phi) is 6.32. The number of hydrogen-bond acceptors (Lipinski definition) is 3. The van der Waals surface area contributed by atoms with E-state index in [-0.39, 0.29) is 6.03 Å². The number of carbonyl (C=O) groups excluding carboxylic acids is 1. The Morgan fingerprint density at radius 1 is 1.00 bits per heavy atom. The first-order valence-electron chi connectivity index (χ1n) is 9.37. The molecule has 0 aliphatic rings. The average Bonchev–Trinajstić information content (AvgIpc) is 2.99. The van der Waals surface area contributed by atoms with E-state index < -0.39 is 0 Å². The van der Waals surface area contributed by atoms with Gasteiger partial charge in [-0.15, -0.1) is 0 Å². The Hall–Kier alpha value is -3.28. The van der Waals surface area contributed by atoms with Gasteiger partial charge < -0.3 is 15.4 Å². The van der Waals surface area contributed by atoms with Crippen molar-refractivity contribution in [1.82, 2.24) is 20.4 Å². The lowest BCUT2D eigenvalue weighted by atomic mass is 10.2. The van der Waals surface area contributed by atoms with Gasteiger partial charge in [-0.3, -0.25) is 0 Å². The predicted octanol–water partition coefficient (Wildman–Crippen LogP) is 3.68. The highest BCUT2D eigenvalue weighted by Gasteiger charge is 2.13. The van der Waals surface area contributed by atoms with Crippen LogP contribution in [0.25, 0.3) is 5.69 Å². The minimum Gasteiger partial charge on any atom is -0.491 e. The minimum absolute atomic E-state index is 0.223. The van der Waals surface area contributed by atoms with Crippen molar-refractivity contribution in [1.29, 1.82) is 0 Å². The molecule has 0 atom stereocenters. The number of carbonyl (C=O) groups is 1. The van der Waals surface area contributed by atoms with Gasteiger partial charge in [0, 0.05) is 17.8 Å². The fourth-order valence-electron chi connectivity index (χ4n) is 3.03. The molecule has 1 heterocycles. The van der Waals surface area contributed by atoms with Crippen LogP contribution in [0, 0.1) is 20.8 Å². The molecule has 0 saturated carbocycles. The normalized spacial score (nSPS) is 10.5. The Morgan fingerprint density at radius 2 is 1.71 bits per heavy atom. The molecule has 0 spiro atoms. The number of aryl methyl sites for hydroxylation is 2. The first-order valence-corrected chi connectivity index (χ1v) is 9.37. The zero-order chi connectivity index (χ0) is 19.9. The second kappa shape index (κ2) is 9.08. The molecule has 28 heavy (non-hydrogen) atoms. The van der Waals surface area contributed by atoms with Crippen LogP contribution in [0.3, 0.4) is 0 Å². The van der Waals surface area contributed by atoms with Crippen LogP contribution in [-0.2, 0) is 6.54 Å². The topological polar surface area (TPSA) is 68.2 Å². The van der Waals surface area contributed by atoms with E-state index in [0.717, 1.165) is 34.0 Å². The van der Waals surface area contributed by atoms with Crippen molar-refractivity contribution in [3.63, 3.8) is 0 Å². The summed E-state index contributed by atoms with van der Waals surface area (Å²) in [5, 5.41) is 10.3. The van der Waals surface area contributed by atoms with Crippen molar-refractivity contribution in [2.45, 2.75) is 27.3 Å². The average molecular weight is 378 g/mol. The van der Waals surface area contributed by atoms with E-state index in [1.807, 2.05) is 80.1 Å². The summed E-state index contributed by atoms with van der Waals surface area (Å²) in [4.78, 5) is 12.1. The Morgan fingerprint density at radius 3 is 2.46 bits per heavy atom. The van der Waals surface area contributed by atoms with Crippen LogP contribution < -0.4 is 15.4 Å². The van der Waals surface area contributed by atoms with Crippen molar-refractivity contribution in [3.05, 3.63) is 77.1 Å². The summed E-state index contributed by atoms with van der Waals surface area (Å²) in [6.45, 7) is 7.24. The second-order valence-electron chi connectivity index (χ2n) is 6.62. The summed E-state index contributed by atoms with van der Waals surface area (Å²) < 4.78 is 7.59. The lowest BCUT2D eigenvalue weighted by molar-refractivity contribution is 0.236. The van der Waals surface area contributed by atoms with Crippen molar-refractivity contribution < 1.29 is 9.53 Å². The Bertz CT molecular complexity index is 935. The summed E-state index contributed by atoms with van der Waals surface area (Å²) in [5.41, 5.74) is 5.03. The van der Waals surface area contributed by atoms with E-state index in [9.17, 15) is 4.79 Å². The molecular weight excluding hydrogens is 352 g/mol. The van der Waals surface area contributed by atoms with Crippen LogP contribution in [0.4, 0.5) is 4.79 Å². The van der Waals surface area contributed by atoms with Gasteiger partial charge in [-0.1, -0.05) is 36.4 Å². The third-order valence-corrected chi connectivity index (χ3v) is 4.61. The van der Waals surface area contributed by atoms with Crippen molar-refractivity contribution >= 4 is 6.03 Å². The quantitative estimate of drug-likeness (QED) is 0.616. The molecule has 146 valence electrons. The van der Waals surface area contributed by atoms with Gasteiger partial charge in [-0.25, -0.2) is 9.48 Å². The number of para-hydroxylation sites is 2. The maximum absolute atomic E-state index is 12.1. The number of nitrogens with one attached hydrogen (secondary N) is 2. The number of benzene rings is 2. The van der Waals surface area contributed by atoms with E-state index >= 15 is 0 Å². The van der Waals surface area contributed by atoms with Crippen LogP contribution in [-0.4, -0.2) is 29.0 Å². The van der Waals surface area contributed by atoms with Gasteiger partial charge in [0.2, 0.25) is 0 Å². The van der Waals surface area contributed by atoms with Crippen LogP contribution in [0.1, 0.15) is 22.5 Å². The highest BCUT2D eigenvalue weighted by Crippen LogP contribution is 2.18. The fourth-order valence-corrected chi connectivity index (χ4v) is 3.03. The number of rotatable bonds is 7. The van der Waals surface area contributed by atoms with Gasteiger partial charge in [0.25, 0.3) is 0 Å². The van der Waals surface area contributed by atoms with Gasteiger partial charge in [-0.05, 0) is 44.5 Å². The third kappa shape index (κ3) is 4.71. The molecule has 2 N–H and O–H groups in total. The molecule has 2 aromatic carbocycles. The van der Waals surface area contributed by atoms with E-state index in [1.54, 1.807) is 0 Å². The second-order valence-corrected chi connectivity index (χ2v) is 6.62. The summed E-state index contributed by atoms with van der Waals surface area (Å²) in [6.07, 6.45) is 0. The Balaban J connectivity index is 1.48. The maximum atomic E-state index is 12.1. The fraction of sp³-hybridized carbons (Fsp3) is 0.273. The van der Waals surface area contributed by atoms with Crippen LogP contribution >= 0.6 is 0 Å². The Labute approximate surface area is 165 Å². The number of aromatic nitrogens is 2. The zero-order valence-corrected chi connectivity index (χ0v) is 16.5. The SMILES string of the molecule is Cc1ccccc1OCCNC(=O)NCc1c(C)nn(-c2ccccc2)c1C. The first-order chi connectivity index (χ1) is 13.6. The van der Waals surface area contributed by atoms with E-state index in [2.05, 4.69) is 15.7 Å². The molecule has 1 aromatic heterocycles. The third-order valence-electron chi connectivity index (χ3n) is 4.61. The van der Waals surface area contributed by atoms with Crippen LogP contribution in [0.2, 0.25) is 0 Å². The zero-order valence-electron chi connectivity index (χ0n) is 16.5. The standard InChI is InChI=1S/C22H26N4O2/c1-16-9-7-8-12-21(16)28-14-13-23-22(27)24-15-20-17(2)25-26(18(20)3)19-10-5-4-6-11-19/h4-12H,13-15H2,1-3H3,(H2,23,24,27). The smallest absolute Gasteiger partial charge is 0.315 e. The number of ether oxygens (including phenoxy) is 1. The van der Waals surface area contributed by atoms with E-state index in [1.165, 1.54) is 0 Å². The molecule has 0 aliphatic heterocycles. The van der Waals surface area contributed by atoms with Crippen LogP contribution in [0.15, 0.2) is 54.6 Å². The van der Waals surface area contributed by atoms with Crippen molar-refractivity contribution in [2.75, 3.05) is 13.2 Å². The number of hydrogen-bond donors (Lipinski definition) is 2. The first kappa shape index (κ1) is 19.5. The maximum Gasteiger partial charge on any atom is 0.315 e. The molecule has 0 bridgehead atoms. The monoisotopic (exact) mass is 378 g/mol. The summed E-state index contributed by atoms with van der Waals surface area (Å²) in [7, 11) is 0. The molecule has 0 unspecified atom stereocenters. The largest absolute Gasteiger partial charge is 0.491 e. The van der Waals surface area contributed by atoms with Crippen molar-refractivity contribution in [2.24, 2.45) is 0 Å². The van der Waals surface area contributed by atoms with E-state index in [0.29, 0.717) is 19.7 Å². The predicted molar refractivity (Wildman–Crippen MR) is 110 cm³/mol. The van der Waals surface area contributed by atoms with E-state index in [4.69, 9.17) is 4.74 Å². The summed E-state index contributed by atoms with van der Waals surface area (Å²) in [6, 6.07) is 17.6. The van der Waals surface area contributed by atoms with Crippen molar-refractivity contribution in [3.8, 4) is 11.4 Å². The molecule has 2 amide bonds. The molecule has 3 aromatic rings. The lowest BCUT2D eigenvalue weighted by Crippen LogP contribution is -2.37. The molecule has 0 radical (unpaired) electrons. The van der Waals surface area contributed by atoms with Gasteiger partial charge >= 0.3 is 6.03 Å². The highest BCUT2D eigenvalue weighted by atomic mass is 16.5. The van der Waals surface area contributed by atoms with Gasteiger partial charge in [-0.2, -0.15) is 5.10 Å². The highest BCUT2D eigenvalue weighted by molar-refractivity contribution is 5.73. The summed E-state index contributed by atoms with van der Waals surface area (Å²) >= 11 is 0. The molecular formula is C22H26N4O2. The van der Waals surface area contributed by atoms with Gasteiger partial charge in [0.05, 0.1) is 17.9 Å². The van der Waals surface area contributed by atoms with Crippen LogP contribution in [0.5, 0.6) is 5.75 Å². The summed E-state index contributed by atoms with van der Waals surface area (Å²) in [5.74, 6) is 0.837. The molecule has 3 rings (SSSR count). The molecule has 6 heteroatoms. The lowest BCUT2D eigenvalue weighted by Gasteiger charge is -2.11. The van der Waals surface area contributed by atoms with Gasteiger partial charge in [0.1, 0.15) is 12.4 Å². The number of amides is 2. The number of nitrogens with zero attached hydrogens (tertiary/aromatic N) is 2. The molecule has 0 aliphatic carbocycles. The minimum atomic E-state index is -0.223. The molecule has 0 fully saturated rings. The number of urea groups is 1. The molecule has 0 saturated heterocycles.